The average Bonchev–Trinajstić information content (AvgIpc) is 3.46. The van der Waals surface area contributed by atoms with Crippen LogP contribution in [-0.4, -0.2) is 27.8 Å². The summed E-state index contributed by atoms with van der Waals surface area (Å²) in [6, 6.07) is 13.1. The smallest absolute Gasteiger partial charge is 0.416 e. The lowest BCUT2D eigenvalue weighted by Gasteiger charge is -2.21. The highest BCUT2D eigenvalue weighted by Crippen LogP contribution is 2.41. The number of hydrogen-bond donors (Lipinski definition) is 2. The van der Waals surface area contributed by atoms with Gasteiger partial charge in [0.15, 0.2) is 0 Å². The van der Waals surface area contributed by atoms with E-state index in [1.807, 2.05) is 57.6 Å². The maximum Gasteiger partial charge on any atom is 0.416 e. The minimum Gasteiger partial charge on any atom is -0.491 e. The molecule has 2 heterocycles. The van der Waals surface area contributed by atoms with Crippen LogP contribution in [-0.2, 0) is 16.5 Å². The van der Waals surface area contributed by atoms with E-state index in [4.69, 9.17) is 9.84 Å². The number of carbonyl (C=O) groups excluding carboxylic acids is 1. The zero-order valence-electron chi connectivity index (χ0n) is 22.0. The molecule has 6 nitrogen and oxygen atoms in total. The Balaban J connectivity index is 0.00000400. The summed E-state index contributed by atoms with van der Waals surface area (Å²) in [6.45, 7) is 9.91. The van der Waals surface area contributed by atoms with Gasteiger partial charge in [0.1, 0.15) is 5.75 Å². The Hall–Kier alpha value is -3.04. The number of nitrogens with one attached hydrogen (secondary N) is 2. The molecule has 3 atom stereocenters. The average molecular weight is 551 g/mol. The van der Waals surface area contributed by atoms with Crippen LogP contribution in [0.1, 0.15) is 69.8 Å². The molecule has 1 aliphatic rings. The fourth-order valence-corrected chi connectivity index (χ4v) is 4.56. The fraction of sp³-hybridized carbons (Fsp3) is 0.429. The zero-order valence-corrected chi connectivity index (χ0v) is 22.9. The van der Waals surface area contributed by atoms with Gasteiger partial charge < -0.3 is 10.1 Å². The monoisotopic (exact) mass is 550 g/mol. The second-order valence-corrected chi connectivity index (χ2v) is 10.7. The minimum absolute atomic E-state index is 0. The quantitative estimate of drug-likeness (QED) is 0.359. The first-order valence-electron chi connectivity index (χ1n) is 12.4. The van der Waals surface area contributed by atoms with Gasteiger partial charge in [0.25, 0.3) is 0 Å². The van der Waals surface area contributed by atoms with Crippen molar-refractivity contribution in [1.82, 2.24) is 15.1 Å². The van der Waals surface area contributed by atoms with Crippen molar-refractivity contribution in [1.29, 1.82) is 0 Å². The van der Waals surface area contributed by atoms with Crippen molar-refractivity contribution in [3.63, 3.8) is 0 Å². The Morgan fingerprint density at radius 2 is 1.82 bits per heavy atom. The summed E-state index contributed by atoms with van der Waals surface area (Å²) < 4.78 is 47.9. The number of nitrogens with zero attached hydrogens (tertiary/aromatic N) is 2. The SMILES string of the molecule is CC(C)Oc1cccc(NC(=O)[C@@H]2CC(c3ccn(C(C)(C)C)n3)[C@H](c3cccc(C(F)(F)F)c3)N2)c1.Cl. The number of rotatable bonds is 6. The van der Waals surface area contributed by atoms with Crippen LogP contribution in [0.4, 0.5) is 18.9 Å². The maximum atomic E-state index is 13.5. The summed E-state index contributed by atoms with van der Waals surface area (Å²) in [5.41, 5.74) is 0.803. The van der Waals surface area contributed by atoms with Crippen molar-refractivity contribution in [2.75, 3.05) is 5.32 Å². The van der Waals surface area contributed by atoms with E-state index in [9.17, 15) is 18.0 Å². The maximum absolute atomic E-state index is 13.5. The number of aromatic nitrogens is 2. The van der Waals surface area contributed by atoms with Crippen molar-refractivity contribution in [3.8, 4) is 5.75 Å². The molecule has 1 fully saturated rings. The molecular weight excluding hydrogens is 517 g/mol. The molecule has 1 amide bonds. The van der Waals surface area contributed by atoms with Crippen molar-refractivity contribution in [2.45, 2.75) is 76.9 Å². The standard InChI is InChI=1S/C28H33F3N4O2.ClH/c1-17(2)37-21-11-7-10-20(15-21)32-26(36)24-16-22(23-12-13-35(34-23)27(3,4)5)25(33-24)18-8-6-9-19(14-18)28(29,30)31;/h6-15,17,22,24-25,33H,16H2,1-5H3,(H,32,36);1H/t22?,24-,25-;/m0./s1. The molecule has 0 spiro atoms. The first kappa shape index (κ1) is 29.5. The van der Waals surface area contributed by atoms with Gasteiger partial charge in [0.2, 0.25) is 5.91 Å². The Bertz CT molecular complexity index is 1250. The zero-order chi connectivity index (χ0) is 27.0. The molecule has 0 aliphatic carbocycles. The van der Waals surface area contributed by atoms with Crippen LogP contribution in [0, 0.1) is 0 Å². The van der Waals surface area contributed by atoms with Crippen molar-refractivity contribution >= 4 is 24.0 Å². The summed E-state index contributed by atoms with van der Waals surface area (Å²) in [6.07, 6.45) is -2.22. The molecule has 4 rings (SSSR count). The van der Waals surface area contributed by atoms with Crippen LogP contribution in [0.15, 0.2) is 60.8 Å². The molecule has 3 aromatic rings. The Morgan fingerprint density at radius 1 is 1.11 bits per heavy atom. The second-order valence-electron chi connectivity index (χ2n) is 10.7. The van der Waals surface area contributed by atoms with Crippen molar-refractivity contribution in [2.24, 2.45) is 0 Å². The molecule has 0 radical (unpaired) electrons. The molecule has 2 N–H and O–H groups in total. The first-order valence-corrected chi connectivity index (χ1v) is 12.4. The minimum atomic E-state index is -4.46. The second kappa shape index (κ2) is 11.4. The lowest BCUT2D eigenvalue weighted by Crippen LogP contribution is -2.36. The van der Waals surface area contributed by atoms with Crippen LogP contribution in [0.25, 0.3) is 0 Å². The van der Waals surface area contributed by atoms with Gasteiger partial charge in [0, 0.05) is 29.9 Å². The number of alkyl halides is 3. The van der Waals surface area contributed by atoms with Gasteiger partial charge in [0.05, 0.1) is 28.9 Å². The van der Waals surface area contributed by atoms with Gasteiger partial charge >= 0.3 is 6.18 Å². The summed E-state index contributed by atoms with van der Waals surface area (Å²) in [5.74, 6) is 0.0782. The molecule has 38 heavy (non-hydrogen) atoms. The molecular formula is C28H34ClF3N4O2. The van der Waals surface area contributed by atoms with Crippen LogP contribution < -0.4 is 15.4 Å². The van der Waals surface area contributed by atoms with Crippen LogP contribution in [0.5, 0.6) is 5.75 Å². The van der Waals surface area contributed by atoms with Gasteiger partial charge in [-0.2, -0.15) is 18.3 Å². The molecule has 206 valence electrons. The van der Waals surface area contributed by atoms with Crippen LogP contribution in [0.3, 0.4) is 0 Å². The number of hydrogen-bond acceptors (Lipinski definition) is 4. The van der Waals surface area contributed by atoms with E-state index in [0.717, 1.165) is 17.8 Å². The fourth-order valence-electron chi connectivity index (χ4n) is 4.56. The highest BCUT2D eigenvalue weighted by molar-refractivity contribution is 5.95. The number of anilines is 1. The lowest BCUT2D eigenvalue weighted by molar-refractivity contribution is -0.137. The molecule has 1 aromatic heterocycles. The Labute approximate surface area is 227 Å². The van der Waals surface area contributed by atoms with Gasteiger partial charge in [-0.1, -0.05) is 18.2 Å². The third kappa shape index (κ3) is 6.88. The van der Waals surface area contributed by atoms with Gasteiger partial charge in [-0.05, 0) is 76.9 Å². The van der Waals surface area contributed by atoms with Crippen molar-refractivity contribution < 1.29 is 22.7 Å². The van der Waals surface area contributed by atoms with E-state index in [1.54, 1.807) is 24.3 Å². The third-order valence-electron chi connectivity index (χ3n) is 6.31. The van der Waals surface area contributed by atoms with E-state index in [-0.39, 0.29) is 35.9 Å². The highest BCUT2D eigenvalue weighted by Gasteiger charge is 2.41. The Morgan fingerprint density at radius 3 is 2.45 bits per heavy atom. The summed E-state index contributed by atoms with van der Waals surface area (Å²) in [7, 11) is 0. The normalized spacial score (nSPS) is 19.8. The first-order chi connectivity index (χ1) is 17.3. The molecule has 2 aromatic carbocycles. The number of benzene rings is 2. The lowest BCUT2D eigenvalue weighted by atomic mass is 9.90. The van der Waals surface area contributed by atoms with Crippen LogP contribution >= 0.6 is 12.4 Å². The third-order valence-corrected chi connectivity index (χ3v) is 6.31. The van der Waals surface area contributed by atoms with Gasteiger partial charge in [-0.25, -0.2) is 0 Å². The van der Waals surface area contributed by atoms with E-state index >= 15 is 0 Å². The molecule has 0 saturated carbocycles. The molecule has 1 aliphatic heterocycles. The van der Waals surface area contributed by atoms with E-state index in [2.05, 4.69) is 10.6 Å². The topological polar surface area (TPSA) is 68.2 Å². The largest absolute Gasteiger partial charge is 0.491 e. The predicted octanol–water partition coefficient (Wildman–Crippen LogP) is 6.69. The Kier molecular flexibility index (Phi) is 8.83. The van der Waals surface area contributed by atoms with Crippen molar-refractivity contribution in [3.05, 3.63) is 77.6 Å². The summed E-state index contributed by atoms with van der Waals surface area (Å²) in [5, 5.41) is 10.9. The van der Waals surface area contributed by atoms with Crippen LogP contribution in [0.2, 0.25) is 0 Å². The molecule has 1 unspecified atom stereocenters. The number of halogens is 4. The number of carbonyl (C=O) groups is 1. The van der Waals surface area contributed by atoms with E-state index in [0.29, 0.717) is 23.4 Å². The number of ether oxygens (including phenoxy) is 1. The van der Waals surface area contributed by atoms with E-state index < -0.39 is 23.8 Å². The summed E-state index contributed by atoms with van der Waals surface area (Å²) in [4.78, 5) is 13.3. The molecule has 0 bridgehead atoms. The predicted molar refractivity (Wildman–Crippen MR) is 144 cm³/mol. The number of amides is 1. The highest BCUT2D eigenvalue weighted by atomic mass is 35.5. The van der Waals surface area contributed by atoms with E-state index in [1.165, 1.54) is 6.07 Å². The molecule has 1 saturated heterocycles. The molecule has 10 heteroatoms. The summed E-state index contributed by atoms with van der Waals surface area (Å²) >= 11 is 0. The van der Waals surface area contributed by atoms with Gasteiger partial charge in [-0.15, -0.1) is 12.4 Å². The van der Waals surface area contributed by atoms with Gasteiger partial charge in [-0.3, -0.25) is 14.8 Å².